The molecule has 2 aliphatic heterocycles. The summed E-state index contributed by atoms with van der Waals surface area (Å²) >= 11 is 0. The Bertz CT molecular complexity index is 424. The van der Waals surface area contributed by atoms with Crippen molar-refractivity contribution in [2.45, 2.75) is 43.4 Å². The van der Waals surface area contributed by atoms with E-state index >= 15 is 0 Å². The number of aromatic nitrogens is 1. The number of ether oxygens (including phenoxy) is 2. The Morgan fingerprint density at radius 1 is 1.59 bits per heavy atom. The van der Waals surface area contributed by atoms with Gasteiger partial charge in [0.15, 0.2) is 0 Å². The van der Waals surface area contributed by atoms with Gasteiger partial charge in [0, 0.05) is 17.3 Å². The van der Waals surface area contributed by atoms with Crippen LogP contribution in [0, 0.1) is 0 Å². The molecule has 3 rings (SSSR count). The fourth-order valence-electron chi connectivity index (χ4n) is 3.12. The highest BCUT2D eigenvalue weighted by Crippen LogP contribution is 2.42. The zero-order valence-corrected chi connectivity index (χ0v) is 10.1. The Kier molecular flexibility index (Phi) is 2.56. The van der Waals surface area contributed by atoms with Crippen LogP contribution in [0.5, 0.6) is 5.88 Å². The summed E-state index contributed by atoms with van der Waals surface area (Å²) in [4.78, 5) is 4.21. The van der Waals surface area contributed by atoms with Crippen molar-refractivity contribution < 1.29 is 9.47 Å². The van der Waals surface area contributed by atoms with E-state index in [0.717, 1.165) is 31.2 Å². The molecule has 2 bridgehead atoms. The average Bonchev–Trinajstić information content (AvgIpc) is 2.89. The summed E-state index contributed by atoms with van der Waals surface area (Å²) in [7, 11) is 1.65. The Balaban J connectivity index is 1.83. The van der Waals surface area contributed by atoms with Crippen LogP contribution in [0.1, 0.15) is 24.8 Å². The van der Waals surface area contributed by atoms with E-state index < -0.39 is 0 Å². The van der Waals surface area contributed by atoms with Gasteiger partial charge in [-0.2, -0.15) is 0 Å². The van der Waals surface area contributed by atoms with Crippen molar-refractivity contribution in [1.82, 2.24) is 4.98 Å². The number of hydrogen-bond donors (Lipinski definition) is 1. The van der Waals surface area contributed by atoms with E-state index in [1.807, 2.05) is 12.1 Å². The highest BCUT2D eigenvalue weighted by molar-refractivity contribution is 5.29. The summed E-state index contributed by atoms with van der Waals surface area (Å²) in [5, 5.41) is 0. The molecule has 3 heterocycles. The Morgan fingerprint density at radius 3 is 3.12 bits per heavy atom. The van der Waals surface area contributed by atoms with Crippen LogP contribution in [0.25, 0.3) is 0 Å². The smallest absolute Gasteiger partial charge is 0.216 e. The normalized spacial score (nSPS) is 35.2. The summed E-state index contributed by atoms with van der Waals surface area (Å²) in [6, 6.07) is 3.96. The van der Waals surface area contributed by atoms with E-state index in [4.69, 9.17) is 15.2 Å². The molecular formula is C13H18N2O2. The number of nitrogens with zero attached hydrogens (tertiary/aromatic N) is 1. The van der Waals surface area contributed by atoms with Gasteiger partial charge in [-0.15, -0.1) is 0 Å². The van der Waals surface area contributed by atoms with Gasteiger partial charge in [0.1, 0.15) is 0 Å². The third-order valence-electron chi connectivity index (χ3n) is 3.92. The number of hydrogen-bond acceptors (Lipinski definition) is 4. The molecule has 2 aliphatic rings. The summed E-state index contributed by atoms with van der Waals surface area (Å²) < 4.78 is 11.1. The molecule has 2 saturated heterocycles. The molecule has 4 heteroatoms. The van der Waals surface area contributed by atoms with Crippen LogP contribution in [0.4, 0.5) is 0 Å². The molecule has 4 nitrogen and oxygen atoms in total. The number of methoxy groups -OCH3 is 1. The van der Waals surface area contributed by atoms with Gasteiger partial charge >= 0.3 is 0 Å². The van der Waals surface area contributed by atoms with Crippen LogP contribution in [-0.4, -0.2) is 29.8 Å². The third-order valence-corrected chi connectivity index (χ3v) is 3.92. The van der Waals surface area contributed by atoms with Crippen LogP contribution >= 0.6 is 0 Å². The van der Waals surface area contributed by atoms with Gasteiger partial charge in [0.05, 0.1) is 19.3 Å². The van der Waals surface area contributed by atoms with Crippen molar-refractivity contribution in [3.05, 3.63) is 23.9 Å². The molecule has 3 atom stereocenters. The van der Waals surface area contributed by atoms with Gasteiger partial charge in [0.25, 0.3) is 0 Å². The minimum Gasteiger partial charge on any atom is -0.481 e. The number of fused-ring (bicyclic) bond motifs is 2. The summed E-state index contributed by atoms with van der Waals surface area (Å²) in [6.07, 6.45) is 6.30. The van der Waals surface area contributed by atoms with E-state index in [-0.39, 0.29) is 11.6 Å². The summed E-state index contributed by atoms with van der Waals surface area (Å²) in [5.41, 5.74) is 7.33. The molecule has 0 spiro atoms. The van der Waals surface area contributed by atoms with E-state index in [2.05, 4.69) is 4.98 Å². The average molecular weight is 234 g/mol. The molecular weight excluding hydrogens is 216 g/mol. The van der Waals surface area contributed by atoms with Crippen LogP contribution in [0.3, 0.4) is 0 Å². The summed E-state index contributed by atoms with van der Waals surface area (Å²) in [5.74, 6) is 0.681. The topological polar surface area (TPSA) is 57.4 Å². The van der Waals surface area contributed by atoms with Gasteiger partial charge in [-0.25, -0.2) is 4.98 Å². The highest BCUT2D eigenvalue weighted by atomic mass is 16.5. The van der Waals surface area contributed by atoms with Crippen molar-refractivity contribution in [3.63, 3.8) is 0 Å². The van der Waals surface area contributed by atoms with Crippen molar-refractivity contribution in [1.29, 1.82) is 0 Å². The third kappa shape index (κ3) is 1.81. The van der Waals surface area contributed by atoms with Crippen molar-refractivity contribution in [3.8, 4) is 5.88 Å². The van der Waals surface area contributed by atoms with Gasteiger partial charge in [-0.05, 0) is 31.7 Å². The molecule has 0 amide bonds. The lowest BCUT2D eigenvalue weighted by Crippen LogP contribution is -2.50. The molecule has 0 aliphatic carbocycles. The fourth-order valence-corrected chi connectivity index (χ4v) is 3.12. The minimum absolute atomic E-state index is 0.206. The maximum absolute atomic E-state index is 6.49. The van der Waals surface area contributed by atoms with Crippen LogP contribution < -0.4 is 10.5 Å². The Morgan fingerprint density at radius 2 is 2.47 bits per heavy atom. The highest BCUT2D eigenvalue weighted by Gasteiger charge is 2.50. The Hall–Kier alpha value is -1.13. The monoisotopic (exact) mass is 234 g/mol. The quantitative estimate of drug-likeness (QED) is 0.856. The summed E-state index contributed by atoms with van der Waals surface area (Å²) in [6.45, 7) is 0. The maximum atomic E-state index is 6.49. The lowest BCUT2D eigenvalue weighted by molar-refractivity contribution is 0.0855. The van der Waals surface area contributed by atoms with Crippen LogP contribution in [0.2, 0.25) is 0 Å². The molecule has 2 N–H and O–H groups in total. The number of rotatable bonds is 3. The van der Waals surface area contributed by atoms with E-state index in [1.54, 1.807) is 13.3 Å². The van der Waals surface area contributed by atoms with Gasteiger partial charge < -0.3 is 15.2 Å². The molecule has 1 aromatic rings. The lowest BCUT2D eigenvalue weighted by atomic mass is 9.78. The second kappa shape index (κ2) is 3.96. The van der Waals surface area contributed by atoms with Gasteiger partial charge in [-0.1, -0.05) is 6.07 Å². The maximum Gasteiger partial charge on any atom is 0.216 e. The van der Waals surface area contributed by atoms with E-state index in [1.165, 1.54) is 0 Å². The second-order valence-corrected chi connectivity index (χ2v) is 5.11. The van der Waals surface area contributed by atoms with E-state index in [9.17, 15) is 0 Å². The zero-order chi connectivity index (χ0) is 11.9. The first-order valence-corrected chi connectivity index (χ1v) is 6.13. The van der Waals surface area contributed by atoms with Crippen LogP contribution in [-0.2, 0) is 11.2 Å². The van der Waals surface area contributed by atoms with Crippen molar-refractivity contribution in [2.75, 3.05) is 7.11 Å². The second-order valence-electron chi connectivity index (χ2n) is 5.11. The van der Waals surface area contributed by atoms with E-state index in [0.29, 0.717) is 12.0 Å². The molecule has 0 aromatic carbocycles. The SMILES string of the molecule is COc1ncccc1CC1(N)CC2CCC1O2. The largest absolute Gasteiger partial charge is 0.481 e. The standard InChI is InChI=1S/C13H18N2O2/c1-16-12-9(3-2-6-15-12)7-13(14)8-10-4-5-11(13)17-10/h2-3,6,10-11H,4-5,7-8,14H2,1H3. The first-order chi connectivity index (χ1) is 8.21. The molecule has 92 valence electrons. The predicted octanol–water partition coefficient (Wildman–Crippen LogP) is 1.28. The number of nitrogens with two attached hydrogens (primary N) is 1. The lowest BCUT2D eigenvalue weighted by Gasteiger charge is -2.31. The van der Waals surface area contributed by atoms with Crippen LogP contribution in [0.15, 0.2) is 18.3 Å². The minimum atomic E-state index is -0.237. The first-order valence-electron chi connectivity index (χ1n) is 6.13. The van der Waals surface area contributed by atoms with Gasteiger partial charge in [-0.3, -0.25) is 0 Å². The molecule has 2 fully saturated rings. The zero-order valence-electron chi connectivity index (χ0n) is 10.1. The molecule has 0 saturated carbocycles. The molecule has 0 radical (unpaired) electrons. The Labute approximate surface area is 101 Å². The van der Waals surface area contributed by atoms with Gasteiger partial charge in [0.2, 0.25) is 5.88 Å². The number of pyridine rings is 1. The first kappa shape index (κ1) is 11.0. The molecule has 1 aromatic heterocycles. The fraction of sp³-hybridized carbons (Fsp3) is 0.615. The predicted molar refractivity (Wildman–Crippen MR) is 63.9 cm³/mol. The van der Waals surface area contributed by atoms with Crippen molar-refractivity contribution in [2.24, 2.45) is 5.73 Å². The van der Waals surface area contributed by atoms with Crippen molar-refractivity contribution >= 4 is 0 Å². The molecule has 3 unspecified atom stereocenters. The molecule has 17 heavy (non-hydrogen) atoms.